The molecule has 0 aliphatic carbocycles. The van der Waals surface area contributed by atoms with Gasteiger partial charge in [-0.3, -0.25) is 15.0 Å². The normalized spacial score (nSPS) is 10.8. The second kappa shape index (κ2) is 5.67. The molecule has 2 amide bonds. The zero-order valence-corrected chi connectivity index (χ0v) is 8.86. The Labute approximate surface area is 93.3 Å². The fraction of sp³-hybridized carbons (Fsp3) is 0.0909. The molecule has 0 aliphatic rings. The molecule has 0 aliphatic heterocycles. The minimum atomic E-state index is -0.543. The summed E-state index contributed by atoms with van der Waals surface area (Å²) in [6, 6.07) is 9.14. The van der Waals surface area contributed by atoms with E-state index in [-0.39, 0.29) is 11.6 Å². The number of benzene rings is 1. The van der Waals surface area contributed by atoms with Gasteiger partial charge < -0.3 is 5.32 Å². The van der Waals surface area contributed by atoms with Crippen LogP contribution in [0.15, 0.2) is 36.0 Å². The largest absolute Gasteiger partial charge is 0.322 e. The zero-order valence-electron chi connectivity index (χ0n) is 8.86. The molecule has 0 saturated carbocycles. The van der Waals surface area contributed by atoms with Gasteiger partial charge in [-0.1, -0.05) is 30.3 Å². The lowest BCUT2D eigenvalue weighted by Gasteiger charge is -2.06. The van der Waals surface area contributed by atoms with Crippen LogP contribution in [0.5, 0.6) is 0 Å². The summed E-state index contributed by atoms with van der Waals surface area (Å²) < 4.78 is 0. The molecule has 1 aromatic carbocycles. The van der Waals surface area contributed by atoms with Crippen LogP contribution in [-0.4, -0.2) is 11.8 Å². The number of hydrogen-bond donors (Lipinski definition) is 3. The van der Waals surface area contributed by atoms with Gasteiger partial charge in [-0.05, 0) is 11.6 Å². The fourth-order valence-corrected chi connectivity index (χ4v) is 1.14. The molecule has 0 unspecified atom stereocenters. The van der Waals surface area contributed by atoms with Crippen LogP contribution in [-0.2, 0) is 9.59 Å². The second-order valence-corrected chi connectivity index (χ2v) is 3.12. The van der Waals surface area contributed by atoms with Crippen LogP contribution < -0.4 is 16.6 Å². The van der Waals surface area contributed by atoms with Crippen LogP contribution in [0, 0.1) is 0 Å². The van der Waals surface area contributed by atoms with E-state index in [9.17, 15) is 9.59 Å². The van der Waals surface area contributed by atoms with Gasteiger partial charge in [0.15, 0.2) is 0 Å². The number of rotatable bonds is 3. The number of nitrogens with two attached hydrogens (primary N) is 1. The number of hydrazine groups is 1. The number of amides is 2. The van der Waals surface area contributed by atoms with Crippen molar-refractivity contribution in [3.8, 4) is 0 Å². The van der Waals surface area contributed by atoms with Crippen molar-refractivity contribution in [3.63, 3.8) is 0 Å². The summed E-state index contributed by atoms with van der Waals surface area (Å²) in [5, 5.41) is 2.41. The summed E-state index contributed by atoms with van der Waals surface area (Å²) >= 11 is 0. The Morgan fingerprint density at radius 2 is 1.88 bits per heavy atom. The smallest absolute Gasteiger partial charge is 0.281 e. The van der Waals surface area contributed by atoms with Crippen LogP contribution in [0.2, 0.25) is 0 Å². The van der Waals surface area contributed by atoms with Crippen molar-refractivity contribution in [2.75, 3.05) is 0 Å². The molecule has 0 heterocycles. The van der Waals surface area contributed by atoms with E-state index in [0.717, 1.165) is 5.56 Å². The first kappa shape index (κ1) is 11.9. The molecule has 4 N–H and O–H groups in total. The molecule has 1 aromatic rings. The van der Waals surface area contributed by atoms with Gasteiger partial charge in [0, 0.05) is 6.92 Å². The standard InChI is InChI=1S/C11H13N3O2/c1-8(15)13-10(11(16)14-12)7-9-5-3-2-4-6-9/h2-7H,12H2,1H3,(H,13,15)(H,14,16)/b10-7-. The molecule has 0 atom stereocenters. The van der Waals surface area contributed by atoms with E-state index in [1.165, 1.54) is 6.92 Å². The minimum Gasteiger partial charge on any atom is -0.322 e. The summed E-state index contributed by atoms with van der Waals surface area (Å²) in [7, 11) is 0. The van der Waals surface area contributed by atoms with E-state index in [0.29, 0.717) is 0 Å². The summed E-state index contributed by atoms with van der Waals surface area (Å²) in [5.74, 6) is 4.14. The van der Waals surface area contributed by atoms with E-state index in [1.807, 2.05) is 35.8 Å². The van der Waals surface area contributed by atoms with Gasteiger partial charge in [0.25, 0.3) is 5.91 Å². The van der Waals surface area contributed by atoms with Crippen LogP contribution in [0.4, 0.5) is 0 Å². The lowest BCUT2D eigenvalue weighted by atomic mass is 10.2. The van der Waals surface area contributed by atoms with E-state index < -0.39 is 5.91 Å². The molecular formula is C11H13N3O2. The van der Waals surface area contributed by atoms with E-state index in [4.69, 9.17) is 5.84 Å². The maximum Gasteiger partial charge on any atom is 0.281 e. The second-order valence-electron chi connectivity index (χ2n) is 3.12. The van der Waals surface area contributed by atoms with Gasteiger partial charge in [0.2, 0.25) is 5.91 Å². The summed E-state index contributed by atoms with van der Waals surface area (Å²) in [4.78, 5) is 22.2. The SMILES string of the molecule is CC(=O)N/C(=C\c1ccccc1)C(=O)NN. The van der Waals surface area contributed by atoms with E-state index >= 15 is 0 Å². The number of hydrogen-bond acceptors (Lipinski definition) is 3. The average Bonchev–Trinajstić information content (AvgIpc) is 2.28. The summed E-state index contributed by atoms with van der Waals surface area (Å²) in [6.45, 7) is 1.32. The highest BCUT2D eigenvalue weighted by atomic mass is 16.2. The molecule has 5 nitrogen and oxygen atoms in total. The highest BCUT2D eigenvalue weighted by Crippen LogP contribution is 2.04. The fourth-order valence-electron chi connectivity index (χ4n) is 1.14. The van der Waals surface area contributed by atoms with Crippen LogP contribution in [0.25, 0.3) is 6.08 Å². The van der Waals surface area contributed by atoms with E-state index in [1.54, 1.807) is 6.08 Å². The van der Waals surface area contributed by atoms with Gasteiger partial charge in [-0.15, -0.1) is 0 Å². The first-order valence-corrected chi connectivity index (χ1v) is 4.68. The van der Waals surface area contributed by atoms with Gasteiger partial charge in [0.05, 0.1) is 0 Å². The summed E-state index contributed by atoms with van der Waals surface area (Å²) in [5.41, 5.74) is 2.88. The summed E-state index contributed by atoms with van der Waals surface area (Å²) in [6.07, 6.45) is 1.55. The number of carbonyl (C=O) groups is 2. The predicted octanol–water partition coefficient (Wildman–Crippen LogP) is 0.154. The van der Waals surface area contributed by atoms with Crippen molar-refractivity contribution >= 4 is 17.9 Å². The third kappa shape index (κ3) is 3.55. The molecular weight excluding hydrogens is 206 g/mol. The molecule has 16 heavy (non-hydrogen) atoms. The van der Waals surface area contributed by atoms with E-state index in [2.05, 4.69) is 5.32 Å². The van der Waals surface area contributed by atoms with Crippen molar-refractivity contribution in [2.45, 2.75) is 6.92 Å². The lowest BCUT2D eigenvalue weighted by molar-refractivity contribution is -0.122. The predicted molar refractivity (Wildman–Crippen MR) is 60.6 cm³/mol. The zero-order chi connectivity index (χ0) is 12.0. The third-order valence-corrected chi connectivity index (χ3v) is 1.80. The molecule has 0 bridgehead atoms. The first-order valence-electron chi connectivity index (χ1n) is 4.68. The monoisotopic (exact) mass is 219 g/mol. The van der Waals surface area contributed by atoms with Crippen LogP contribution in [0.1, 0.15) is 12.5 Å². The van der Waals surface area contributed by atoms with Crippen molar-refractivity contribution in [1.82, 2.24) is 10.7 Å². The van der Waals surface area contributed by atoms with Gasteiger partial charge in [-0.25, -0.2) is 5.84 Å². The number of nitrogens with one attached hydrogen (secondary N) is 2. The highest BCUT2D eigenvalue weighted by molar-refractivity contribution is 6.00. The maximum atomic E-state index is 11.3. The maximum absolute atomic E-state index is 11.3. The molecule has 0 fully saturated rings. The highest BCUT2D eigenvalue weighted by Gasteiger charge is 2.08. The van der Waals surface area contributed by atoms with Crippen molar-refractivity contribution in [3.05, 3.63) is 41.6 Å². The van der Waals surface area contributed by atoms with Gasteiger partial charge in [0.1, 0.15) is 5.70 Å². The first-order chi connectivity index (χ1) is 7.63. The van der Waals surface area contributed by atoms with Crippen molar-refractivity contribution in [2.24, 2.45) is 5.84 Å². The minimum absolute atomic E-state index is 0.112. The molecule has 0 saturated heterocycles. The molecule has 1 rings (SSSR count). The third-order valence-electron chi connectivity index (χ3n) is 1.80. The molecule has 0 aromatic heterocycles. The molecule has 0 radical (unpaired) electrons. The Morgan fingerprint density at radius 1 is 1.25 bits per heavy atom. The Balaban J connectivity index is 2.96. The Kier molecular flexibility index (Phi) is 4.23. The van der Waals surface area contributed by atoms with Crippen LogP contribution >= 0.6 is 0 Å². The Bertz CT molecular complexity index is 412. The van der Waals surface area contributed by atoms with Gasteiger partial charge in [-0.2, -0.15) is 0 Å². The topological polar surface area (TPSA) is 84.2 Å². The Hall–Kier alpha value is -2.14. The molecule has 84 valence electrons. The van der Waals surface area contributed by atoms with Gasteiger partial charge >= 0.3 is 0 Å². The quantitative estimate of drug-likeness (QED) is 0.293. The van der Waals surface area contributed by atoms with Crippen molar-refractivity contribution < 1.29 is 9.59 Å². The lowest BCUT2D eigenvalue weighted by Crippen LogP contribution is -2.37. The van der Waals surface area contributed by atoms with Crippen molar-refractivity contribution in [1.29, 1.82) is 0 Å². The Morgan fingerprint density at radius 3 is 2.38 bits per heavy atom. The molecule has 0 spiro atoms. The van der Waals surface area contributed by atoms with Crippen LogP contribution in [0.3, 0.4) is 0 Å². The molecule has 5 heteroatoms. The number of carbonyl (C=O) groups excluding carboxylic acids is 2. The average molecular weight is 219 g/mol.